The number of nitrogens with zero attached hydrogens (tertiary/aromatic N) is 1. The van der Waals surface area contributed by atoms with Crippen LogP contribution in [-0.4, -0.2) is 30.1 Å². The van der Waals surface area contributed by atoms with Crippen LogP contribution in [0.4, 0.5) is 5.82 Å². The molecule has 0 radical (unpaired) electrons. The smallest absolute Gasteiger partial charge is 0.345 e. The Morgan fingerprint density at radius 1 is 1.18 bits per heavy atom. The molecule has 0 aliphatic carbocycles. The number of carbonyl (C=O) groups excluding carboxylic acids is 2. The number of ether oxygens (including phenoxy) is 2. The van der Waals surface area contributed by atoms with Crippen molar-refractivity contribution >= 4 is 17.8 Å². The number of carbonyl (C=O) groups is 2. The maximum atomic E-state index is 11.7. The summed E-state index contributed by atoms with van der Waals surface area (Å²) in [7, 11) is 0. The molecule has 6 nitrogen and oxygen atoms in total. The Morgan fingerprint density at radius 3 is 2.36 bits per heavy atom. The molecule has 1 aromatic heterocycles. The van der Waals surface area contributed by atoms with E-state index >= 15 is 0 Å². The van der Waals surface area contributed by atoms with Gasteiger partial charge in [0.25, 0.3) is 0 Å². The van der Waals surface area contributed by atoms with Crippen LogP contribution in [0.3, 0.4) is 0 Å². The normalized spacial score (nSPS) is 10.1. The predicted molar refractivity (Wildman–Crippen MR) is 83.1 cm³/mol. The van der Waals surface area contributed by atoms with E-state index in [2.05, 4.69) is 10.3 Å². The molecule has 1 rings (SSSR count). The summed E-state index contributed by atoms with van der Waals surface area (Å²) in [4.78, 5) is 27.7. The summed E-state index contributed by atoms with van der Waals surface area (Å²) in [6, 6.07) is 5.56. The van der Waals surface area contributed by atoms with E-state index in [-0.39, 0.29) is 18.8 Å². The lowest BCUT2D eigenvalue weighted by atomic mass is 10.2. The number of hydrogen-bond acceptors (Lipinski definition) is 6. The van der Waals surface area contributed by atoms with Crippen LogP contribution in [0, 0.1) is 6.92 Å². The fraction of sp³-hybridized carbons (Fsp3) is 0.312. The van der Waals surface area contributed by atoms with Gasteiger partial charge in [-0.15, -0.1) is 0 Å². The van der Waals surface area contributed by atoms with Crippen LogP contribution in [-0.2, 0) is 19.1 Å². The van der Waals surface area contributed by atoms with Crippen molar-refractivity contribution in [3.05, 3.63) is 47.8 Å². The number of anilines is 1. The first kappa shape index (κ1) is 17.4. The first-order chi connectivity index (χ1) is 10.6. The molecule has 0 atom stereocenters. The van der Waals surface area contributed by atoms with Gasteiger partial charge in [-0.05, 0) is 45.1 Å². The first-order valence-electron chi connectivity index (χ1n) is 6.99. The number of aromatic nitrogens is 1. The molecule has 0 aliphatic rings. The SMILES string of the molecule is CCOC(=O)C(=CC=CNc1cccc(C)n1)C(=O)OCC. The van der Waals surface area contributed by atoms with Crippen LogP contribution in [0.2, 0.25) is 0 Å². The average Bonchev–Trinajstić information content (AvgIpc) is 2.47. The van der Waals surface area contributed by atoms with Crippen LogP contribution >= 0.6 is 0 Å². The van der Waals surface area contributed by atoms with Gasteiger partial charge in [-0.25, -0.2) is 14.6 Å². The molecule has 22 heavy (non-hydrogen) atoms. The summed E-state index contributed by atoms with van der Waals surface area (Å²) in [5.74, 6) is -0.753. The lowest BCUT2D eigenvalue weighted by Gasteiger charge is -2.05. The van der Waals surface area contributed by atoms with E-state index in [1.807, 2.05) is 19.1 Å². The zero-order valence-electron chi connectivity index (χ0n) is 13.0. The molecule has 0 saturated carbocycles. The predicted octanol–water partition coefficient (Wildman–Crippen LogP) is 2.37. The first-order valence-corrected chi connectivity index (χ1v) is 6.99. The van der Waals surface area contributed by atoms with Gasteiger partial charge >= 0.3 is 11.9 Å². The van der Waals surface area contributed by atoms with Gasteiger partial charge in [-0.1, -0.05) is 6.07 Å². The highest BCUT2D eigenvalue weighted by Crippen LogP contribution is 2.05. The molecule has 0 saturated heterocycles. The van der Waals surface area contributed by atoms with Gasteiger partial charge in [0, 0.05) is 11.9 Å². The third-order valence-electron chi connectivity index (χ3n) is 2.47. The minimum Gasteiger partial charge on any atom is -0.462 e. The van der Waals surface area contributed by atoms with Crippen LogP contribution in [0.5, 0.6) is 0 Å². The number of aryl methyl sites for hydroxylation is 1. The molecule has 0 aromatic carbocycles. The van der Waals surface area contributed by atoms with Crippen LogP contribution in [0.25, 0.3) is 0 Å². The second kappa shape index (κ2) is 9.33. The summed E-state index contributed by atoms with van der Waals surface area (Å²) >= 11 is 0. The lowest BCUT2D eigenvalue weighted by Crippen LogP contribution is -2.18. The lowest BCUT2D eigenvalue weighted by molar-refractivity contribution is -0.146. The number of rotatable bonds is 7. The Labute approximate surface area is 129 Å². The summed E-state index contributed by atoms with van der Waals surface area (Å²) in [6.45, 7) is 5.59. The van der Waals surface area contributed by atoms with Gasteiger partial charge in [-0.2, -0.15) is 0 Å². The number of esters is 2. The summed E-state index contributed by atoms with van der Waals surface area (Å²) in [5, 5.41) is 2.94. The summed E-state index contributed by atoms with van der Waals surface area (Å²) < 4.78 is 9.66. The van der Waals surface area contributed by atoms with Crippen molar-refractivity contribution in [2.24, 2.45) is 0 Å². The molecule has 1 N–H and O–H groups in total. The van der Waals surface area contributed by atoms with Crippen molar-refractivity contribution in [2.45, 2.75) is 20.8 Å². The molecule has 118 valence electrons. The quantitative estimate of drug-likeness (QED) is 0.274. The van der Waals surface area contributed by atoms with E-state index < -0.39 is 11.9 Å². The zero-order valence-corrected chi connectivity index (χ0v) is 13.0. The van der Waals surface area contributed by atoms with Gasteiger partial charge in [0.05, 0.1) is 13.2 Å². The second-order valence-electron chi connectivity index (χ2n) is 4.19. The fourth-order valence-corrected chi connectivity index (χ4v) is 1.54. The topological polar surface area (TPSA) is 77.5 Å². The largest absolute Gasteiger partial charge is 0.462 e. The average molecular weight is 304 g/mol. The molecular weight excluding hydrogens is 284 g/mol. The standard InChI is InChI=1S/C16H20N2O4/c1-4-21-15(19)13(16(20)22-5-2)9-7-11-17-14-10-6-8-12(3)18-14/h6-11H,4-5H2,1-3H3,(H,17,18). The second-order valence-corrected chi connectivity index (χ2v) is 4.19. The number of allylic oxidation sites excluding steroid dienone is 2. The van der Waals surface area contributed by atoms with Crippen LogP contribution in [0.15, 0.2) is 42.1 Å². The molecule has 6 heteroatoms. The molecule has 0 fully saturated rings. The highest BCUT2D eigenvalue weighted by Gasteiger charge is 2.19. The minimum atomic E-state index is -0.709. The Hall–Kier alpha value is -2.63. The zero-order chi connectivity index (χ0) is 16.4. The van der Waals surface area contributed by atoms with Crippen molar-refractivity contribution in [1.82, 2.24) is 4.98 Å². The summed E-state index contributed by atoms with van der Waals surface area (Å²) in [5.41, 5.74) is 0.728. The van der Waals surface area contributed by atoms with Gasteiger partial charge in [0.15, 0.2) is 0 Å². The number of pyridine rings is 1. The van der Waals surface area contributed by atoms with Crippen molar-refractivity contribution in [1.29, 1.82) is 0 Å². The minimum absolute atomic E-state index is 0.154. The van der Waals surface area contributed by atoms with Crippen molar-refractivity contribution < 1.29 is 19.1 Å². The van der Waals surface area contributed by atoms with E-state index in [4.69, 9.17) is 9.47 Å². The molecule has 0 amide bonds. The van der Waals surface area contributed by atoms with Gasteiger partial charge < -0.3 is 14.8 Å². The third-order valence-corrected chi connectivity index (χ3v) is 2.47. The van der Waals surface area contributed by atoms with Crippen molar-refractivity contribution in [3.8, 4) is 0 Å². The maximum Gasteiger partial charge on any atom is 0.345 e. The summed E-state index contributed by atoms with van der Waals surface area (Å²) in [6.07, 6.45) is 4.44. The Balaban J connectivity index is 2.76. The highest BCUT2D eigenvalue weighted by atomic mass is 16.6. The molecule has 0 aliphatic heterocycles. The molecule has 0 spiro atoms. The van der Waals surface area contributed by atoms with Gasteiger partial charge in [0.2, 0.25) is 0 Å². The van der Waals surface area contributed by atoms with Crippen molar-refractivity contribution in [2.75, 3.05) is 18.5 Å². The fourth-order valence-electron chi connectivity index (χ4n) is 1.54. The highest BCUT2D eigenvalue weighted by molar-refractivity contribution is 6.14. The Kier molecular flexibility index (Phi) is 7.39. The Morgan fingerprint density at radius 2 is 1.82 bits per heavy atom. The molecular formula is C16H20N2O4. The van der Waals surface area contributed by atoms with Gasteiger partial charge in [-0.3, -0.25) is 0 Å². The third kappa shape index (κ3) is 5.78. The Bertz CT molecular complexity index is 559. The maximum absolute atomic E-state index is 11.7. The van der Waals surface area contributed by atoms with E-state index in [1.54, 1.807) is 26.1 Å². The van der Waals surface area contributed by atoms with E-state index in [1.165, 1.54) is 12.2 Å². The van der Waals surface area contributed by atoms with E-state index in [9.17, 15) is 9.59 Å². The number of hydrogen-bond donors (Lipinski definition) is 1. The molecule has 1 aromatic rings. The van der Waals surface area contributed by atoms with Crippen LogP contribution in [0.1, 0.15) is 19.5 Å². The monoisotopic (exact) mass is 304 g/mol. The van der Waals surface area contributed by atoms with Crippen molar-refractivity contribution in [3.63, 3.8) is 0 Å². The van der Waals surface area contributed by atoms with Crippen LogP contribution < -0.4 is 5.32 Å². The molecule has 0 unspecified atom stereocenters. The number of nitrogens with one attached hydrogen (secondary N) is 1. The van der Waals surface area contributed by atoms with E-state index in [0.29, 0.717) is 5.82 Å². The van der Waals surface area contributed by atoms with E-state index in [0.717, 1.165) is 5.69 Å². The molecule has 0 bridgehead atoms. The molecule has 1 heterocycles. The van der Waals surface area contributed by atoms with Gasteiger partial charge in [0.1, 0.15) is 11.4 Å².